The summed E-state index contributed by atoms with van der Waals surface area (Å²) in [6.45, 7) is 11.5. The summed E-state index contributed by atoms with van der Waals surface area (Å²) in [4.78, 5) is 0. The third-order valence-electron chi connectivity index (χ3n) is 2.66. The lowest BCUT2D eigenvalue weighted by Gasteiger charge is -2.09. The van der Waals surface area contributed by atoms with Crippen LogP contribution in [0.2, 0.25) is 0 Å². The van der Waals surface area contributed by atoms with E-state index in [4.69, 9.17) is 0 Å². The van der Waals surface area contributed by atoms with Crippen LogP contribution in [0, 0.1) is 13.8 Å². The van der Waals surface area contributed by atoms with E-state index in [0.29, 0.717) is 12.6 Å². The Hall–Kier alpha value is -0.870. The van der Waals surface area contributed by atoms with Gasteiger partial charge in [0.25, 0.3) is 0 Å². The van der Waals surface area contributed by atoms with Crippen LogP contribution in [0.15, 0.2) is 0 Å². The van der Waals surface area contributed by atoms with E-state index in [1.165, 1.54) is 5.56 Å². The molecule has 1 atom stereocenters. The molecule has 0 bridgehead atoms. The molecule has 2 N–H and O–H groups in total. The van der Waals surface area contributed by atoms with E-state index in [1.807, 2.05) is 11.6 Å². The van der Waals surface area contributed by atoms with E-state index in [9.17, 15) is 5.11 Å². The SMILES string of the molecule is Cc1nn(CC(C)O)c(C)c1CNC(C)C. The van der Waals surface area contributed by atoms with Gasteiger partial charge in [-0.15, -0.1) is 0 Å². The van der Waals surface area contributed by atoms with Crippen molar-refractivity contribution in [2.45, 2.75) is 59.9 Å². The molecule has 0 saturated heterocycles. The van der Waals surface area contributed by atoms with E-state index >= 15 is 0 Å². The summed E-state index contributed by atoms with van der Waals surface area (Å²) >= 11 is 0. The number of hydrogen-bond donors (Lipinski definition) is 2. The minimum Gasteiger partial charge on any atom is -0.391 e. The van der Waals surface area contributed by atoms with Gasteiger partial charge in [-0.25, -0.2) is 0 Å². The Kier molecular flexibility index (Phi) is 4.50. The summed E-state index contributed by atoms with van der Waals surface area (Å²) < 4.78 is 1.89. The first-order valence-corrected chi connectivity index (χ1v) is 5.86. The van der Waals surface area contributed by atoms with E-state index in [-0.39, 0.29) is 6.10 Å². The Balaban J connectivity index is 2.80. The topological polar surface area (TPSA) is 50.1 Å². The fourth-order valence-electron chi connectivity index (χ4n) is 1.72. The molecule has 0 radical (unpaired) electrons. The Labute approximate surface area is 97.7 Å². The quantitative estimate of drug-likeness (QED) is 0.796. The Morgan fingerprint density at radius 2 is 1.94 bits per heavy atom. The van der Waals surface area contributed by atoms with Gasteiger partial charge >= 0.3 is 0 Å². The molecule has 0 aliphatic heterocycles. The molecule has 0 fully saturated rings. The molecule has 1 aromatic heterocycles. The maximum atomic E-state index is 9.37. The van der Waals surface area contributed by atoms with Gasteiger partial charge < -0.3 is 10.4 Å². The smallest absolute Gasteiger partial charge is 0.0708 e. The van der Waals surface area contributed by atoms with Gasteiger partial charge in [0.1, 0.15) is 0 Å². The van der Waals surface area contributed by atoms with Crippen molar-refractivity contribution in [2.75, 3.05) is 0 Å². The predicted octanol–water partition coefficient (Wildman–Crippen LogP) is 1.38. The van der Waals surface area contributed by atoms with Crippen LogP contribution in [0.3, 0.4) is 0 Å². The van der Waals surface area contributed by atoms with Crippen LogP contribution >= 0.6 is 0 Å². The molecule has 0 amide bonds. The van der Waals surface area contributed by atoms with Crippen LogP contribution in [0.4, 0.5) is 0 Å². The molecular formula is C12H23N3O. The Morgan fingerprint density at radius 3 is 2.44 bits per heavy atom. The number of nitrogens with zero attached hydrogens (tertiary/aromatic N) is 2. The van der Waals surface area contributed by atoms with Crippen molar-refractivity contribution in [3.63, 3.8) is 0 Å². The summed E-state index contributed by atoms with van der Waals surface area (Å²) in [5.74, 6) is 0. The van der Waals surface area contributed by atoms with Crippen LogP contribution in [0.5, 0.6) is 0 Å². The van der Waals surface area contributed by atoms with Gasteiger partial charge in [0.15, 0.2) is 0 Å². The third kappa shape index (κ3) is 3.32. The van der Waals surface area contributed by atoms with E-state index in [1.54, 1.807) is 6.92 Å². The lowest BCUT2D eigenvalue weighted by Crippen LogP contribution is -2.22. The maximum Gasteiger partial charge on any atom is 0.0708 e. The minimum atomic E-state index is -0.357. The second kappa shape index (κ2) is 5.46. The number of rotatable bonds is 5. The van der Waals surface area contributed by atoms with Gasteiger partial charge in [-0.3, -0.25) is 4.68 Å². The summed E-state index contributed by atoms with van der Waals surface area (Å²) in [6, 6.07) is 0.471. The van der Waals surface area contributed by atoms with Gasteiger partial charge in [0, 0.05) is 23.8 Å². The van der Waals surface area contributed by atoms with Crippen LogP contribution in [0.25, 0.3) is 0 Å². The highest BCUT2D eigenvalue weighted by Crippen LogP contribution is 2.13. The molecule has 1 unspecified atom stereocenters. The second-order valence-corrected chi connectivity index (χ2v) is 4.72. The van der Waals surface area contributed by atoms with Gasteiger partial charge in [0.05, 0.1) is 18.3 Å². The van der Waals surface area contributed by atoms with Crippen LogP contribution < -0.4 is 5.32 Å². The number of aryl methyl sites for hydroxylation is 1. The standard InChI is InChI=1S/C12H23N3O/c1-8(2)13-6-12-10(4)14-15(11(12)5)7-9(3)16/h8-9,13,16H,6-7H2,1-5H3. The van der Waals surface area contributed by atoms with Gasteiger partial charge in [-0.2, -0.15) is 5.10 Å². The highest BCUT2D eigenvalue weighted by molar-refractivity contribution is 5.24. The number of aliphatic hydroxyl groups is 1. The Bertz CT molecular complexity index is 342. The van der Waals surface area contributed by atoms with Crippen molar-refractivity contribution in [3.8, 4) is 0 Å². The van der Waals surface area contributed by atoms with Crippen molar-refractivity contribution in [1.29, 1.82) is 0 Å². The summed E-state index contributed by atoms with van der Waals surface area (Å²) in [7, 11) is 0. The second-order valence-electron chi connectivity index (χ2n) is 4.72. The van der Waals surface area contributed by atoms with Crippen LogP contribution in [-0.2, 0) is 13.1 Å². The molecule has 0 saturated carbocycles. The molecule has 0 aliphatic carbocycles. The Morgan fingerprint density at radius 1 is 1.31 bits per heavy atom. The van der Waals surface area contributed by atoms with E-state index < -0.39 is 0 Å². The van der Waals surface area contributed by atoms with Gasteiger partial charge in [0.2, 0.25) is 0 Å². The molecule has 92 valence electrons. The zero-order chi connectivity index (χ0) is 12.3. The molecule has 1 heterocycles. The molecule has 1 aromatic rings. The fraction of sp³-hybridized carbons (Fsp3) is 0.750. The summed E-state index contributed by atoms with van der Waals surface area (Å²) in [6.07, 6.45) is -0.357. The van der Waals surface area contributed by atoms with Crippen molar-refractivity contribution in [3.05, 3.63) is 17.0 Å². The average Bonchev–Trinajstić information content (AvgIpc) is 2.39. The van der Waals surface area contributed by atoms with Crippen LogP contribution in [-0.4, -0.2) is 27.0 Å². The molecule has 16 heavy (non-hydrogen) atoms. The zero-order valence-corrected chi connectivity index (χ0v) is 10.9. The van der Waals surface area contributed by atoms with Gasteiger partial charge in [-0.1, -0.05) is 13.8 Å². The molecule has 4 heteroatoms. The fourth-order valence-corrected chi connectivity index (χ4v) is 1.72. The molecule has 1 rings (SSSR count). The average molecular weight is 225 g/mol. The lowest BCUT2D eigenvalue weighted by molar-refractivity contribution is 0.167. The number of hydrogen-bond acceptors (Lipinski definition) is 3. The zero-order valence-electron chi connectivity index (χ0n) is 10.9. The highest BCUT2D eigenvalue weighted by Gasteiger charge is 2.12. The van der Waals surface area contributed by atoms with Crippen molar-refractivity contribution in [2.24, 2.45) is 0 Å². The van der Waals surface area contributed by atoms with E-state index in [0.717, 1.165) is 17.9 Å². The lowest BCUT2D eigenvalue weighted by atomic mass is 10.2. The normalized spacial score (nSPS) is 13.4. The molecule has 0 aromatic carbocycles. The summed E-state index contributed by atoms with van der Waals surface area (Å²) in [5.41, 5.74) is 3.44. The molecule has 0 aliphatic rings. The first-order chi connectivity index (χ1) is 7.41. The molecule has 0 spiro atoms. The first kappa shape index (κ1) is 13.2. The largest absolute Gasteiger partial charge is 0.391 e. The van der Waals surface area contributed by atoms with E-state index in [2.05, 4.69) is 31.2 Å². The van der Waals surface area contributed by atoms with Crippen molar-refractivity contribution >= 4 is 0 Å². The third-order valence-corrected chi connectivity index (χ3v) is 2.66. The highest BCUT2D eigenvalue weighted by atomic mass is 16.3. The molecular weight excluding hydrogens is 202 g/mol. The summed E-state index contributed by atoms with van der Waals surface area (Å²) in [5, 5.41) is 17.2. The monoisotopic (exact) mass is 225 g/mol. The minimum absolute atomic E-state index is 0.357. The predicted molar refractivity (Wildman–Crippen MR) is 65.4 cm³/mol. The number of aromatic nitrogens is 2. The maximum absolute atomic E-state index is 9.37. The first-order valence-electron chi connectivity index (χ1n) is 5.86. The number of aliphatic hydroxyl groups excluding tert-OH is 1. The number of nitrogens with one attached hydrogen (secondary N) is 1. The van der Waals surface area contributed by atoms with Crippen molar-refractivity contribution in [1.82, 2.24) is 15.1 Å². The van der Waals surface area contributed by atoms with Crippen LogP contribution in [0.1, 0.15) is 37.7 Å². The molecule has 4 nitrogen and oxygen atoms in total. The van der Waals surface area contributed by atoms with Gasteiger partial charge in [-0.05, 0) is 20.8 Å². The van der Waals surface area contributed by atoms with Crippen molar-refractivity contribution < 1.29 is 5.11 Å².